The molecule has 0 fully saturated rings. The van der Waals surface area contributed by atoms with E-state index in [1.165, 1.54) is 12.1 Å². The third-order valence-corrected chi connectivity index (χ3v) is 5.18. The van der Waals surface area contributed by atoms with E-state index in [0.717, 1.165) is 16.9 Å². The van der Waals surface area contributed by atoms with Gasteiger partial charge in [0, 0.05) is 13.6 Å². The van der Waals surface area contributed by atoms with Crippen LogP contribution in [0.25, 0.3) is 0 Å². The molecule has 0 heterocycles. The smallest absolute Gasteiger partial charge is 0.238 e. The zero-order valence-corrected chi connectivity index (χ0v) is 18.2. The lowest BCUT2D eigenvalue weighted by Gasteiger charge is -2.19. The van der Waals surface area contributed by atoms with Crippen LogP contribution in [0.1, 0.15) is 37.9 Å². The largest absolute Gasteiger partial charge is 0.493 e. The number of nitrogens with zero attached hydrogens (tertiary/aromatic N) is 1. The topological polar surface area (TPSA) is 106 Å². The number of nitrogens with two attached hydrogens (primary N) is 1. The average molecular weight is 419 g/mol. The summed E-state index contributed by atoms with van der Waals surface area (Å²) in [5, 5.41) is 11.7. The van der Waals surface area contributed by atoms with Crippen LogP contribution in [0, 0.1) is 5.92 Å². The highest BCUT2D eigenvalue weighted by molar-refractivity contribution is 7.89. The normalized spacial score (nSPS) is 13.2. The Morgan fingerprint density at radius 2 is 1.69 bits per heavy atom. The van der Waals surface area contributed by atoms with E-state index in [-0.39, 0.29) is 10.9 Å². The molecule has 7 nitrogen and oxygen atoms in total. The predicted molar refractivity (Wildman–Crippen MR) is 116 cm³/mol. The summed E-state index contributed by atoms with van der Waals surface area (Å²) in [5.41, 5.74) is 2.03. The van der Waals surface area contributed by atoms with Crippen molar-refractivity contribution in [2.24, 2.45) is 16.0 Å². The number of primary sulfonamides is 1. The molecule has 2 rings (SSSR count). The number of hydrogen-bond acceptors (Lipinski definition) is 4. The maximum Gasteiger partial charge on any atom is 0.238 e. The molecule has 1 atom stereocenters. The summed E-state index contributed by atoms with van der Waals surface area (Å²) in [7, 11) is -1.98. The van der Waals surface area contributed by atoms with Crippen LogP contribution in [0.2, 0.25) is 0 Å². The lowest BCUT2D eigenvalue weighted by Crippen LogP contribution is -2.38. The highest BCUT2D eigenvalue weighted by atomic mass is 32.2. The molecule has 0 saturated heterocycles. The second kappa shape index (κ2) is 10.3. The molecule has 2 aromatic rings. The molecule has 0 radical (unpaired) electrons. The molecule has 8 heteroatoms. The molecule has 2 aromatic carbocycles. The number of benzene rings is 2. The summed E-state index contributed by atoms with van der Waals surface area (Å²) in [6.45, 7) is 7.49. The van der Waals surface area contributed by atoms with Crippen LogP contribution in [0.5, 0.6) is 5.75 Å². The summed E-state index contributed by atoms with van der Waals surface area (Å²) in [5.74, 6) is 1.99. The van der Waals surface area contributed by atoms with Crippen LogP contribution in [0.4, 0.5) is 0 Å². The molecule has 1 unspecified atom stereocenters. The number of nitrogens with one attached hydrogen (secondary N) is 2. The quantitative estimate of drug-likeness (QED) is 0.451. The zero-order chi connectivity index (χ0) is 21.4. The maximum absolute atomic E-state index is 11.3. The number of aliphatic imine (C=N–C) groups is 1. The highest BCUT2D eigenvalue weighted by Gasteiger charge is 2.10. The summed E-state index contributed by atoms with van der Waals surface area (Å²) < 4.78 is 28.4. The molecule has 0 amide bonds. The molecule has 29 heavy (non-hydrogen) atoms. The number of guanidine groups is 1. The molecule has 0 aliphatic rings. The lowest BCUT2D eigenvalue weighted by molar-refractivity contribution is 0.271. The third kappa shape index (κ3) is 7.40. The van der Waals surface area contributed by atoms with Crippen molar-refractivity contribution < 1.29 is 13.2 Å². The summed E-state index contributed by atoms with van der Waals surface area (Å²) >= 11 is 0. The second-order valence-corrected chi connectivity index (χ2v) is 8.82. The van der Waals surface area contributed by atoms with Gasteiger partial charge in [0.1, 0.15) is 5.75 Å². The van der Waals surface area contributed by atoms with E-state index >= 15 is 0 Å². The average Bonchev–Trinajstić information content (AvgIpc) is 2.69. The Morgan fingerprint density at radius 1 is 1.07 bits per heavy atom. The lowest BCUT2D eigenvalue weighted by atomic mass is 10.1. The van der Waals surface area contributed by atoms with E-state index in [1.54, 1.807) is 19.2 Å². The van der Waals surface area contributed by atoms with Gasteiger partial charge >= 0.3 is 0 Å². The van der Waals surface area contributed by atoms with Crippen molar-refractivity contribution in [3.63, 3.8) is 0 Å². The number of ether oxygens (including phenoxy) is 1. The van der Waals surface area contributed by atoms with Crippen LogP contribution in [0.3, 0.4) is 0 Å². The highest BCUT2D eigenvalue weighted by Crippen LogP contribution is 2.18. The molecule has 4 N–H and O–H groups in total. The van der Waals surface area contributed by atoms with Gasteiger partial charge in [0.05, 0.1) is 17.5 Å². The summed E-state index contributed by atoms with van der Waals surface area (Å²) in [6, 6.07) is 14.5. The Bertz CT molecular complexity index is 908. The van der Waals surface area contributed by atoms with E-state index in [2.05, 4.69) is 36.4 Å². The van der Waals surface area contributed by atoms with Crippen molar-refractivity contribution in [3.8, 4) is 5.75 Å². The summed E-state index contributed by atoms with van der Waals surface area (Å²) in [4.78, 5) is 4.34. The molecule has 158 valence electrons. The van der Waals surface area contributed by atoms with Crippen LogP contribution in [-0.4, -0.2) is 28.0 Å². The SMILES string of the molecule is CN=C(NCc1ccc(S(N)(=O)=O)cc1)NC(C)c1ccc(OCC(C)C)cc1. The van der Waals surface area contributed by atoms with Crippen molar-refractivity contribution in [3.05, 3.63) is 59.7 Å². The van der Waals surface area contributed by atoms with E-state index in [1.807, 2.05) is 24.3 Å². The standard InChI is InChI=1S/C21H30N4O3S/c1-15(2)14-28-19-9-7-18(8-10-19)16(3)25-21(23-4)24-13-17-5-11-20(12-6-17)29(22,26)27/h5-12,15-16H,13-14H2,1-4H3,(H2,22,26,27)(H2,23,24,25). The molecular formula is C21H30N4O3S. The van der Waals surface area contributed by atoms with Gasteiger partial charge in [-0.1, -0.05) is 38.1 Å². The van der Waals surface area contributed by atoms with Gasteiger partial charge in [0.2, 0.25) is 10.0 Å². The van der Waals surface area contributed by atoms with Gasteiger partial charge in [-0.15, -0.1) is 0 Å². The van der Waals surface area contributed by atoms with Crippen molar-refractivity contribution in [2.45, 2.75) is 38.3 Å². The minimum absolute atomic E-state index is 0.0464. The molecule has 0 spiro atoms. The van der Waals surface area contributed by atoms with Crippen LogP contribution in [-0.2, 0) is 16.6 Å². The molecule has 0 aromatic heterocycles. The minimum Gasteiger partial charge on any atom is -0.493 e. The van der Waals surface area contributed by atoms with Crippen molar-refractivity contribution in [1.82, 2.24) is 10.6 Å². The van der Waals surface area contributed by atoms with Crippen LogP contribution < -0.4 is 20.5 Å². The van der Waals surface area contributed by atoms with Gasteiger partial charge in [-0.2, -0.15) is 0 Å². The Balaban J connectivity index is 1.90. The first-order chi connectivity index (χ1) is 13.7. The van der Waals surface area contributed by atoms with Crippen molar-refractivity contribution in [1.29, 1.82) is 0 Å². The molecule has 0 saturated carbocycles. The van der Waals surface area contributed by atoms with Gasteiger partial charge < -0.3 is 15.4 Å². The fraction of sp³-hybridized carbons (Fsp3) is 0.381. The van der Waals surface area contributed by atoms with E-state index in [4.69, 9.17) is 9.88 Å². The Labute approximate surface area is 173 Å². The molecule has 0 aliphatic heterocycles. The Hall–Kier alpha value is -2.58. The molecule has 0 bridgehead atoms. The van der Waals surface area contributed by atoms with Crippen LogP contribution >= 0.6 is 0 Å². The van der Waals surface area contributed by atoms with Crippen LogP contribution in [0.15, 0.2) is 58.4 Å². The summed E-state index contributed by atoms with van der Waals surface area (Å²) in [6.07, 6.45) is 0. The minimum atomic E-state index is -3.68. The van der Waals surface area contributed by atoms with E-state index in [9.17, 15) is 8.42 Å². The number of hydrogen-bond donors (Lipinski definition) is 3. The first kappa shape index (κ1) is 22.7. The zero-order valence-electron chi connectivity index (χ0n) is 17.3. The van der Waals surface area contributed by atoms with Crippen molar-refractivity contribution in [2.75, 3.05) is 13.7 Å². The van der Waals surface area contributed by atoms with E-state index < -0.39 is 10.0 Å². The maximum atomic E-state index is 11.3. The Morgan fingerprint density at radius 3 is 2.21 bits per heavy atom. The molecular weight excluding hydrogens is 388 g/mol. The fourth-order valence-electron chi connectivity index (χ4n) is 2.58. The predicted octanol–water partition coefficient (Wildman–Crippen LogP) is 2.80. The van der Waals surface area contributed by atoms with Gasteiger partial charge in [-0.05, 0) is 48.2 Å². The van der Waals surface area contributed by atoms with Gasteiger partial charge in [0.15, 0.2) is 5.96 Å². The van der Waals surface area contributed by atoms with Gasteiger partial charge in [-0.3, -0.25) is 4.99 Å². The number of sulfonamides is 1. The van der Waals surface area contributed by atoms with Crippen molar-refractivity contribution >= 4 is 16.0 Å². The van der Waals surface area contributed by atoms with E-state index in [0.29, 0.717) is 25.0 Å². The second-order valence-electron chi connectivity index (χ2n) is 7.25. The number of rotatable bonds is 8. The monoisotopic (exact) mass is 418 g/mol. The first-order valence-electron chi connectivity index (χ1n) is 9.50. The first-order valence-corrected chi connectivity index (χ1v) is 11.1. The molecule has 0 aliphatic carbocycles. The van der Waals surface area contributed by atoms with Gasteiger partial charge in [0.25, 0.3) is 0 Å². The Kier molecular flexibility index (Phi) is 8.04. The van der Waals surface area contributed by atoms with Gasteiger partial charge in [-0.25, -0.2) is 13.6 Å². The third-order valence-electron chi connectivity index (χ3n) is 4.25. The fourth-order valence-corrected chi connectivity index (χ4v) is 3.10.